The summed E-state index contributed by atoms with van der Waals surface area (Å²) in [6, 6.07) is 1.85. The van der Waals surface area contributed by atoms with Crippen LogP contribution in [0.2, 0.25) is 25.7 Å². The Morgan fingerprint density at radius 1 is 1.13 bits per heavy atom. The van der Waals surface area contributed by atoms with Crippen molar-refractivity contribution in [1.82, 2.24) is 0 Å². The van der Waals surface area contributed by atoms with Gasteiger partial charge in [-0.1, -0.05) is 46.5 Å². The lowest BCUT2D eigenvalue weighted by atomic mass is 9.63. The van der Waals surface area contributed by atoms with E-state index in [4.69, 9.17) is 5.73 Å². The van der Waals surface area contributed by atoms with Crippen molar-refractivity contribution in [1.29, 1.82) is 0 Å². The molecule has 0 radical (unpaired) electrons. The van der Waals surface area contributed by atoms with Crippen molar-refractivity contribution in [3.05, 3.63) is 0 Å². The minimum atomic E-state index is -0.965. The highest BCUT2D eigenvalue weighted by molar-refractivity contribution is 6.76. The van der Waals surface area contributed by atoms with Crippen molar-refractivity contribution in [3.8, 4) is 0 Å². The summed E-state index contributed by atoms with van der Waals surface area (Å²) < 4.78 is 0. The molecule has 0 heterocycles. The van der Waals surface area contributed by atoms with Crippen molar-refractivity contribution >= 4 is 8.07 Å². The van der Waals surface area contributed by atoms with E-state index in [9.17, 15) is 0 Å². The normalized spacial score (nSPS) is 36.6. The minimum absolute atomic E-state index is 0.426. The Kier molecular flexibility index (Phi) is 3.43. The van der Waals surface area contributed by atoms with E-state index in [1.165, 1.54) is 25.3 Å². The zero-order valence-corrected chi connectivity index (χ0v) is 12.5. The van der Waals surface area contributed by atoms with Gasteiger partial charge in [0.25, 0.3) is 0 Å². The molecule has 0 aromatic rings. The summed E-state index contributed by atoms with van der Waals surface area (Å²) in [6.45, 7) is 14.7. The van der Waals surface area contributed by atoms with Gasteiger partial charge >= 0.3 is 0 Å². The van der Waals surface area contributed by atoms with Crippen LogP contribution in [0.15, 0.2) is 0 Å². The number of nitrogens with two attached hydrogens (primary N) is 1. The van der Waals surface area contributed by atoms with Crippen LogP contribution in [0, 0.1) is 10.8 Å². The fraction of sp³-hybridized carbons (Fsp3) is 1.00. The van der Waals surface area contributed by atoms with Crippen LogP contribution in [-0.2, 0) is 0 Å². The summed E-state index contributed by atoms with van der Waals surface area (Å²) in [6.07, 6.45) is 3.80. The molecule has 0 bridgehead atoms. The lowest BCUT2D eigenvalue weighted by Gasteiger charge is -2.48. The van der Waals surface area contributed by atoms with Gasteiger partial charge < -0.3 is 5.73 Å². The Hall–Kier alpha value is 0.177. The molecule has 0 saturated heterocycles. The van der Waals surface area contributed by atoms with Gasteiger partial charge in [0.2, 0.25) is 0 Å². The zero-order valence-electron chi connectivity index (χ0n) is 11.5. The summed E-state index contributed by atoms with van der Waals surface area (Å²) in [5, 5.41) is 0. The van der Waals surface area contributed by atoms with Gasteiger partial charge in [0, 0.05) is 14.1 Å². The van der Waals surface area contributed by atoms with Crippen LogP contribution in [-0.4, -0.2) is 14.1 Å². The van der Waals surface area contributed by atoms with Crippen LogP contribution >= 0.6 is 0 Å². The van der Waals surface area contributed by atoms with Gasteiger partial charge in [-0.3, -0.25) is 0 Å². The molecule has 90 valence electrons. The number of rotatable bonds is 2. The molecule has 0 aliphatic heterocycles. The topological polar surface area (TPSA) is 26.0 Å². The third kappa shape index (κ3) is 4.27. The second-order valence-electron chi connectivity index (χ2n) is 8.06. The fourth-order valence-corrected chi connectivity index (χ4v) is 6.96. The van der Waals surface area contributed by atoms with Gasteiger partial charge in [0.1, 0.15) is 0 Å². The third-order valence-corrected chi connectivity index (χ3v) is 5.35. The van der Waals surface area contributed by atoms with Gasteiger partial charge in [-0.05, 0) is 30.1 Å². The van der Waals surface area contributed by atoms with Crippen LogP contribution in [0.25, 0.3) is 0 Å². The number of hydrogen-bond donors (Lipinski definition) is 1. The summed E-state index contributed by atoms with van der Waals surface area (Å²) in [5.74, 6) is 0. The van der Waals surface area contributed by atoms with E-state index in [1.807, 2.05) is 0 Å². The number of hydrogen-bond acceptors (Lipinski definition) is 1. The van der Waals surface area contributed by atoms with Gasteiger partial charge in [0.15, 0.2) is 0 Å². The second-order valence-corrected chi connectivity index (χ2v) is 13.5. The first-order valence-corrected chi connectivity index (χ1v) is 9.98. The minimum Gasteiger partial charge on any atom is -0.328 e. The molecule has 2 heteroatoms. The monoisotopic (exact) mass is 227 g/mol. The molecule has 2 N–H and O–H groups in total. The quantitative estimate of drug-likeness (QED) is 0.712. The Labute approximate surface area is 96.8 Å². The average molecular weight is 227 g/mol. The van der Waals surface area contributed by atoms with Gasteiger partial charge in [-0.15, -0.1) is 0 Å². The van der Waals surface area contributed by atoms with Crippen LogP contribution in [0.3, 0.4) is 0 Å². The van der Waals surface area contributed by atoms with Crippen LogP contribution in [0.1, 0.15) is 40.0 Å². The van der Waals surface area contributed by atoms with E-state index < -0.39 is 8.07 Å². The average Bonchev–Trinajstić information content (AvgIpc) is 1.70. The lowest BCUT2D eigenvalue weighted by molar-refractivity contribution is 0.0978. The lowest BCUT2D eigenvalue weighted by Crippen LogP contribution is -2.45. The molecular formula is C13H29NSi. The largest absolute Gasteiger partial charge is 0.328 e. The third-order valence-electron chi connectivity index (χ3n) is 3.43. The van der Waals surface area contributed by atoms with E-state index in [0.717, 1.165) is 0 Å². The molecule has 0 aromatic carbocycles. The summed E-state index contributed by atoms with van der Waals surface area (Å²) >= 11 is 0. The maximum absolute atomic E-state index is 6.22. The van der Waals surface area contributed by atoms with Crippen molar-refractivity contribution in [2.24, 2.45) is 16.6 Å². The molecule has 0 aromatic heterocycles. The van der Waals surface area contributed by atoms with E-state index >= 15 is 0 Å². The molecule has 1 fully saturated rings. The molecule has 1 aliphatic carbocycles. The van der Waals surface area contributed by atoms with Crippen LogP contribution in [0.4, 0.5) is 0 Å². The van der Waals surface area contributed by atoms with E-state index in [1.54, 1.807) is 0 Å². The summed E-state index contributed by atoms with van der Waals surface area (Å²) in [5.41, 5.74) is 7.18. The predicted molar refractivity (Wildman–Crippen MR) is 71.9 cm³/mol. The first-order valence-electron chi connectivity index (χ1n) is 6.27. The standard InChI is InChI=1S/C13H29NSi/c1-12(2)7-11(14)8-13(3,9-12)10-15(4,5)6/h11H,7-10,14H2,1-6H3. The maximum Gasteiger partial charge on any atom is 0.0448 e. The summed E-state index contributed by atoms with van der Waals surface area (Å²) in [4.78, 5) is 0. The predicted octanol–water partition coefficient (Wildman–Crippen LogP) is 3.87. The molecule has 15 heavy (non-hydrogen) atoms. The van der Waals surface area contributed by atoms with Crippen molar-refractivity contribution < 1.29 is 0 Å². The molecule has 2 atom stereocenters. The molecule has 2 unspecified atom stereocenters. The van der Waals surface area contributed by atoms with Crippen molar-refractivity contribution in [2.75, 3.05) is 0 Å². The maximum atomic E-state index is 6.22. The zero-order chi connectivity index (χ0) is 11.9. The van der Waals surface area contributed by atoms with Crippen LogP contribution in [0.5, 0.6) is 0 Å². The highest BCUT2D eigenvalue weighted by atomic mass is 28.3. The first kappa shape index (κ1) is 13.2. The highest BCUT2D eigenvalue weighted by Crippen LogP contribution is 2.49. The Balaban J connectivity index is 2.75. The smallest absolute Gasteiger partial charge is 0.0448 e. The van der Waals surface area contributed by atoms with Crippen LogP contribution < -0.4 is 5.73 Å². The van der Waals surface area contributed by atoms with Crippen molar-refractivity contribution in [3.63, 3.8) is 0 Å². The Morgan fingerprint density at radius 2 is 1.67 bits per heavy atom. The highest BCUT2D eigenvalue weighted by Gasteiger charge is 2.41. The van der Waals surface area contributed by atoms with Gasteiger partial charge in [-0.25, -0.2) is 0 Å². The fourth-order valence-electron chi connectivity index (χ4n) is 4.13. The van der Waals surface area contributed by atoms with E-state index in [0.29, 0.717) is 16.9 Å². The molecule has 0 amide bonds. The Morgan fingerprint density at radius 3 is 2.07 bits per heavy atom. The second kappa shape index (κ2) is 3.88. The molecule has 1 saturated carbocycles. The van der Waals surface area contributed by atoms with Gasteiger partial charge in [0.05, 0.1) is 0 Å². The van der Waals surface area contributed by atoms with Gasteiger partial charge in [-0.2, -0.15) is 0 Å². The molecule has 1 nitrogen and oxygen atoms in total. The molecule has 0 spiro atoms. The first-order chi connectivity index (χ1) is 6.52. The molecule has 1 rings (SSSR count). The van der Waals surface area contributed by atoms with E-state index in [2.05, 4.69) is 40.4 Å². The molecule has 1 aliphatic rings. The van der Waals surface area contributed by atoms with E-state index in [-0.39, 0.29) is 0 Å². The SMILES string of the molecule is CC1(C)CC(N)CC(C)(C[Si](C)(C)C)C1. The molecular weight excluding hydrogens is 198 g/mol. The summed E-state index contributed by atoms with van der Waals surface area (Å²) in [7, 11) is -0.965. The Bertz CT molecular complexity index is 225. The van der Waals surface area contributed by atoms with Crippen molar-refractivity contribution in [2.45, 2.75) is 71.8 Å².